The van der Waals surface area contributed by atoms with E-state index in [1.54, 1.807) is 6.07 Å². The lowest BCUT2D eigenvalue weighted by molar-refractivity contribution is -0.147. The number of carbonyl (C=O) groups is 2. The second-order valence-corrected chi connectivity index (χ2v) is 6.03. The summed E-state index contributed by atoms with van der Waals surface area (Å²) < 4.78 is 5.74. The first-order valence-electron chi connectivity index (χ1n) is 7.84. The van der Waals surface area contributed by atoms with E-state index < -0.39 is 17.3 Å². The van der Waals surface area contributed by atoms with Gasteiger partial charge < -0.3 is 15.2 Å². The summed E-state index contributed by atoms with van der Waals surface area (Å²) in [6, 6.07) is 15.0. The predicted molar refractivity (Wildman–Crippen MR) is 89.9 cm³/mol. The monoisotopic (exact) mass is 325 g/mol. The van der Waals surface area contributed by atoms with Crippen LogP contribution in [-0.4, -0.2) is 17.0 Å². The number of carboxylic acids is 1. The Bertz CT molecular complexity index is 766. The molecule has 3 rings (SSSR count). The molecule has 0 radical (unpaired) electrons. The van der Waals surface area contributed by atoms with Crippen molar-refractivity contribution >= 4 is 17.6 Å². The van der Waals surface area contributed by atoms with Crippen molar-refractivity contribution in [3.63, 3.8) is 0 Å². The zero-order chi connectivity index (χ0) is 17.2. The summed E-state index contributed by atoms with van der Waals surface area (Å²) in [6.07, 6.45) is 0.786. The van der Waals surface area contributed by atoms with E-state index in [-0.39, 0.29) is 0 Å². The van der Waals surface area contributed by atoms with Crippen LogP contribution in [0.2, 0.25) is 0 Å². The number of rotatable bonds is 6. The first-order valence-corrected chi connectivity index (χ1v) is 7.84. The van der Waals surface area contributed by atoms with Crippen molar-refractivity contribution in [3.8, 4) is 5.75 Å². The fourth-order valence-corrected chi connectivity index (χ4v) is 2.56. The molecule has 24 heavy (non-hydrogen) atoms. The predicted octanol–water partition coefficient (Wildman–Crippen LogP) is 3.38. The quantitative estimate of drug-likeness (QED) is 0.798. The summed E-state index contributed by atoms with van der Waals surface area (Å²) >= 11 is 0. The minimum Gasteiger partial charge on any atom is -0.489 e. The third kappa shape index (κ3) is 3.11. The highest BCUT2D eigenvalue weighted by atomic mass is 16.5. The van der Waals surface area contributed by atoms with E-state index in [4.69, 9.17) is 4.74 Å². The lowest BCUT2D eigenvalue weighted by Gasteiger charge is -2.15. The summed E-state index contributed by atoms with van der Waals surface area (Å²) in [6.45, 7) is 2.27. The maximum absolute atomic E-state index is 12.3. The van der Waals surface area contributed by atoms with Gasteiger partial charge in [0.1, 0.15) is 17.8 Å². The lowest BCUT2D eigenvalue weighted by atomic mass is 10.0. The minimum absolute atomic E-state index is 0.379. The summed E-state index contributed by atoms with van der Waals surface area (Å²) in [5, 5.41) is 12.0. The molecule has 0 unspecified atom stereocenters. The van der Waals surface area contributed by atoms with Crippen molar-refractivity contribution in [1.82, 2.24) is 0 Å². The number of carboxylic acid groups (broad SMARTS) is 1. The van der Waals surface area contributed by atoms with Gasteiger partial charge in [-0.1, -0.05) is 30.3 Å². The molecule has 0 bridgehead atoms. The maximum Gasteiger partial charge on any atom is 0.319 e. The lowest BCUT2D eigenvalue weighted by Crippen LogP contribution is -2.31. The van der Waals surface area contributed by atoms with Gasteiger partial charge in [-0.05, 0) is 49.1 Å². The molecule has 5 nitrogen and oxygen atoms in total. The average Bonchev–Trinajstić information content (AvgIpc) is 3.38. The molecule has 0 aromatic heterocycles. The highest BCUT2D eigenvalue weighted by Crippen LogP contribution is 2.46. The first-order chi connectivity index (χ1) is 11.5. The Morgan fingerprint density at radius 3 is 2.46 bits per heavy atom. The van der Waals surface area contributed by atoms with Crippen molar-refractivity contribution < 1.29 is 19.4 Å². The molecular formula is C19H19NO4. The summed E-state index contributed by atoms with van der Waals surface area (Å²) in [5.74, 6) is -0.727. The van der Waals surface area contributed by atoms with Gasteiger partial charge in [0, 0.05) is 5.69 Å². The second kappa shape index (κ2) is 6.35. The van der Waals surface area contributed by atoms with Gasteiger partial charge >= 0.3 is 5.97 Å². The molecule has 2 aromatic rings. The van der Waals surface area contributed by atoms with Crippen molar-refractivity contribution in [1.29, 1.82) is 0 Å². The minimum atomic E-state index is -1.25. The highest BCUT2D eigenvalue weighted by molar-refractivity contribution is 6.11. The van der Waals surface area contributed by atoms with Gasteiger partial charge in [0.05, 0.1) is 0 Å². The number of carbonyl (C=O) groups excluding carboxylic acids is 1. The van der Waals surface area contributed by atoms with Crippen LogP contribution in [0.1, 0.15) is 24.0 Å². The largest absolute Gasteiger partial charge is 0.489 e. The molecule has 2 aromatic carbocycles. The maximum atomic E-state index is 12.3. The number of amides is 1. The molecule has 1 aliphatic carbocycles. The standard InChI is InChI=1S/C19H19NO4/c1-13-14(12-24-15-7-3-2-4-8-15)6-5-9-16(13)20-17(21)19(10-11-19)18(22)23/h2-9H,10-12H2,1H3,(H,20,21)(H,22,23). The fraction of sp³-hybridized carbons (Fsp3) is 0.263. The Kier molecular flexibility index (Phi) is 4.25. The van der Waals surface area contributed by atoms with Crippen LogP contribution in [0, 0.1) is 12.3 Å². The molecule has 124 valence electrons. The van der Waals surface area contributed by atoms with Crippen molar-refractivity contribution in [2.75, 3.05) is 5.32 Å². The Labute approximate surface area is 140 Å². The van der Waals surface area contributed by atoms with Gasteiger partial charge in [-0.3, -0.25) is 9.59 Å². The number of aliphatic carboxylic acids is 1. The van der Waals surface area contributed by atoms with Crippen LogP contribution in [0.25, 0.3) is 0 Å². The van der Waals surface area contributed by atoms with E-state index in [2.05, 4.69) is 5.32 Å². The molecule has 1 fully saturated rings. The van der Waals surface area contributed by atoms with Crippen LogP contribution < -0.4 is 10.1 Å². The van der Waals surface area contributed by atoms with E-state index in [1.807, 2.05) is 49.4 Å². The van der Waals surface area contributed by atoms with Gasteiger partial charge in [0.25, 0.3) is 0 Å². The van der Waals surface area contributed by atoms with Crippen LogP contribution >= 0.6 is 0 Å². The van der Waals surface area contributed by atoms with E-state index in [9.17, 15) is 14.7 Å². The highest BCUT2D eigenvalue weighted by Gasteiger charge is 2.57. The number of hydrogen-bond donors (Lipinski definition) is 2. The Balaban J connectivity index is 1.71. The van der Waals surface area contributed by atoms with Crippen LogP contribution in [0.4, 0.5) is 5.69 Å². The average molecular weight is 325 g/mol. The number of nitrogens with one attached hydrogen (secondary N) is 1. The molecule has 0 saturated heterocycles. The van der Waals surface area contributed by atoms with Gasteiger partial charge in [0.2, 0.25) is 5.91 Å². The smallest absolute Gasteiger partial charge is 0.319 e. The molecule has 1 amide bonds. The molecule has 1 aliphatic rings. The molecule has 1 saturated carbocycles. The van der Waals surface area contributed by atoms with E-state index in [0.29, 0.717) is 25.1 Å². The van der Waals surface area contributed by atoms with E-state index >= 15 is 0 Å². The van der Waals surface area contributed by atoms with Crippen LogP contribution in [0.15, 0.2) is 48.5 Å². The molecule has 0 heterocycles. The number of anilines is 1. The third-order valence-electron chi connectivity index (χ3n) is 4.43. The van der Waals surface area contributed by atoms with Crippen LogP contribution in [0.5, 0.6) is 5.75 Å². The topological polar surface area (TPSA) is 75.6 Å². The number of para-hydroxylation sites is 1. The van der Waals surface area contributed by atoms with Crippen molar-refractivity contribution in [2.24, 2.45) is 5.41 Å². The van der Waals surface area contributed by atoms with Gasteiger partial charge in [-0.15, -0.1) is 0 Å². The molecule has 2 N–H and O–H groups in total. The van der Waals surface area contributed by atoms with E-state index in [0.717, 1.165) is 16.9 Å². The van der Waals surface area contributed by atoms with Crippen LogP contribution in [0.3, 0.4) is 0 Å². The molecule has 5 heteroatoms. The summed E-state index contributed by atoms with van der Waals surface area (Å²) in [4.78, 5) is 23.5. The molecule has 0 aliphatic heterocycles. The molecule has 0 atom stereocenters. The molecular weight excluding hydrogens is 306 g/mol. The van der Waals surface area contributed by atoms with E-state index in [1.165, 1.54) is 0 Å². The summed E-state index contributed by atoms with van der Waals surface area (Å²) in [5.41, 5.74) is 1.20. The Hall–Kier alpha value is -2.82. The van der Waals surface area contributed by atoms with Gasteiger partial charge in [0.15, 0.2) is 0 Å². The second-order valence-electron chi connectivity index (χ2n) is 6.03. The number of ether oxygens (including phenoxy) is 1. The zero-order valence-electron chi connectivity index (χ0n) is 13.4. The normalized spacial score (nSPS) is 14.7. The number of benzene rings is 2. The molecule has 0 spiro atoms. The van der Waals surface area contributed by atoms with Crippen LogP contribution in [-0.2, 0) is 16.2 Å². The first kappa shape index (κ1) is 16.1. The Morgan fingerprint density at radius 2 is 1.83 bits per heavy atom. The number of hydrogen-bond acceptors (Lipinski definition) is 3. The zero-order valence-corrected chi connectivity index (χ0v) is 13.4. The SMILES string of the molecule is Cc1c(COc2ccccc2)cccc1NC(=O)C1(C(=O)O)CC1. The van der Waals surface area contributed by atoms with Crippen molar-refractivity contribution in [3.05, 3.63) is 59.7 Å². The van der Waals surface area contributed by atoms with Crippen molar-refractivity contribution in [2.45, 2.75) is 26.4 Å². The fourth-order valence-electron chi connectivity index (χ4n) is 2.56. The van der Waals surface area contributed by atoms with Gasteiger partial charge in [-0.25, -0.2) is 0 Å². The summed E-state index contributed by atoms with van der Waals surface area (Å²) in [7, 11) is 0. The third-order valence-corrected chi connectivity index (χ3v) is 4.43. The van der Waals surface area contributed by atoms with Gasteiger partial charge in [-0.2, -0.15) is 0 Å². The Morgan fingerprint density at radius 1 is 1.12 bits per heavy atom.